The number of fused-ring (bicyclic) bond motifs is 1. The lowest BCUT2D eigenvalue weighted by Crippen LogP contribution is -2.12. The van der Waals surface area contributed by atoms with Gasteiger partial charge in [-0.05, 0) is 76.3 Å². The lowest BCUT2D eigenvalue weighted by Gasteiger charge is -2.11. The maximum atomic E-state index is 12.3. The fraction of sp³-hybridized carbons (Fsp3) is 0.148. The summed E-state index contributed by atoms with van der Waals surface area (Å²) in [7, 11) is 3.34. The first-order valence-corrected chi connectivity index (χ1v) is 10.3. The molecule has 0 heterocycles. The van der Waals surface area contributed by atoms with Crippen LogP contribution in [0, 0.1) is 0 Å². The zero-order valence-corrected chi connectivity index (χ0v) is 17.7. The average molecular weight is 412 g/mol. The lowest BCUT2D eigenvalue weighted by atomic mass is 9.98. The van der Waals surface area contributed by atoms with Gasteiger partial charge in [-0.15, -0.1) is 0 Å². The summed E-state index contributed by atoms with van der Waals surface area (Å²) in [6.07, 6.45) is 1.03. The molecule has 0 aromatic heterocycles. The van der Waals surface area contributed by atoms with Crippen molar-refractivity contribution in [2.24, 2.45) is 0 Å². The number of benzene rings is 4. The van der Waals surface area contributed by atoms with Crippen molar-refractivity contribution in [1.29, 1.82) is 0 Å². The van der Waals surface area contributed by atoms with E-state index in [0.717, 1.165) is 44.6 Å². The van der Waals surface area contributed by atoms with E-state index < -0.39 is 0 Å². The Kier molecular flexibility index (Phi) is 6.18. The maximum absolute atomic E-state index is 12.3. The molecule has 1 N–H and O–H groups in total. The molecule has 0 fully saturated rings. The van der Waals surface area contributed by atoms with E-state index in [0.29, 0.717) is 12.8 Å². The second-order valence-electron chi connectivity index (χ2n) is 7.41. The second-order valence-corrected chi connectivity index (χ2v) is 7.41. The number of hydrogen-bond donors (Lipinski definition) is 1. The molecule has 0 aliphatic heterocycles. The van der Waals surface area contributed by atoms with Gasteiger partial charge in [-0.25, -0.2) is 0 Å². The maximum Gasteiger partial charge on any atom is 0.224 e. The van der Waals surface area contributed by atoms with Crippen LogP contribution in [0.15, 0.2) is 84.9 Å². The molecule has 4 aromatic rings. The monoisotopic (exact) mass is 411 g/mol. The van der Waals surface area contributed by atoms with Crippen LogP contribution < -0.4 is 14.8 Å². The Bertz CT molecular complexity index is 1200. The van der Waals surface area contributed by atoms with Crippen LogP contribution in [0.1, 0.15) is 12.0 Å². The average Bonchev–Trinajstić information content (AvgIpc) is 2.82. The lowest BCUT2D eigenvalue weighted by molar-refractivity contribution is -0.116. The molecule has 4 aromatic carbocycles. The van der Waals surface area contributed by atoms with Crippen LogP contribution in [0.2, 0.25) is 0 Å². The third kappa shape index (κ3) is 5.04. The van der Waals surface area contributed by atoms with Crippen molar-refractivity contribution in [3.8, 4) is 22.6 Å². The number of amides is 1. The normalized spacial score (nSPS) is 10.6. The zero-order chi connectivity index (χ0) is 21.6. The van der Waals surface area contributed by atoms with Crippen LogP contribution in [-0.2, 0) is 11.2 Å². The quantitative estimate of drug-likeness (QED) is 0.400. The van der Waals surface area contributed by atoms with Crippen LogP contribution in [-0.4, -0.2) is 20.1 Å². The number of anilines is 1. The van der Waals surface area contributed by atoms with Gasteiger partial charge in [-0.2, -0.15) is 0 Å². The van der Waals surface area contributed by atoms with Crippen molar-refractivity contribution in [3.05, 3.63) is 90.5 Å². The molecule has 0 saturated heterocycles. The standard InChI is InChI=1S/C27H25NO3/c1-30-25-12-11-20-16-21(9-10-22(20)17-25)23-14-19(15-26(18-23)31-2)8-13-27(29)28-24-6-4-3-5-7-24/h3-7,9-12,14-18H,8,13H2,1-2H3,(H,28,29). The van der Waals surface area contributed by atoms with Crippen LogP contribution in [0.4, 0.5) is 5.69 Å². The Morgan fingerprint density at radius 1 is 0.742 bits per heavy atom. The molecular weight excluding hydrogens is 386 g/mol. The van der Waals surface area contributed by atoms with Crippen molar-refractivity contribution in [2.45, 2.75) is 12.8 Å². The molecule has 31 heavy (non-hydrogen) atoms. The van der Waals surface area contributed by atoms with E-state index in [-0.39, 0.29) is 5.91 Å². The number of nitrogens with one attached hydrogen (secondary N) is 1. The number of rotatable bonds is 7. The highest BCUT2D eigenvalue weighted by Gasteiger charge is 2.08. The minimum atomic E-state index is -0.00442. The fourth-order valence-electron chi connectivity index (χ4n) is 3.62. The first-order valence-electron chi connectivity index (χ1n) is 10.3. The van der Waals surface area contributed by atoms with E-state index in [9.17, 15) is 4.79 Å². The Morgan fingerprint density at radius 3 is 2.26 bits per heavy atom. The topological polar surface area (TPSA) is 47.6 Å². The van der Waals surface area contributed by atoms with E-state index in [1.807, 2.05) is 54.6 Å². The largest absolute Gasteiger partial charge is 0.497 e. The summed E-state index contributed by atoms with van der Waals surface area (Å²) in [5.74, 6) is 1.62. The van der Waals surface area contributed by atoms with Gasteiger partial charge in [0.05, 0.1) is 14.2 Å². The Hall–Kier alpha value is -3.79. The minimum absolute atomic E-state index is 0.00442. The Labute approximate surface area is 182 Å². The number of ether oxygens (including phenoxy) is 2. The van der Waals surface area contributed by atoms with Crippen LogP contribution in [0.5, 0.6) is 11.5 Å². The summed E-state index contributed by atoms with van der Waals surface area (Å²) in [5, 5.41) is 5.21. The number of aryl methyl sites for hydroxylation is 1. The first kappa shape index (κ1) is 20.5. The smallest absolute Gasteiger partial charge is 0.224 e. The molecule has 0 spiro atoms. The van der Waals surface area contributed by atoms with Gasteiger partial charge in [0.2, 0.25) is 5.91 Å². The highest BCUT2D eigenvalue weighted by atomic mass is 16.5. The van der Waals surface area contributed by atoms with Crippen molar-refractivity contribution in [1.82, 2.24) is 0 Å². The molecule has 1 amide bonds. The molecule has 0 aliphatic rings. The van der Waals surface area contributed by atoms with Gasteiger partial charge in [0.15, 0.2) is 0 Å². The molecule has 0 saturated carbocycles. The summed E-state index contributed by atoms with van der Waals surface area (Å²) in [6, 6.07) is 28.1. The number of para-hydroxylation sites is 1. The molecule has 4 rings (SSSR count). The zero-order valence-electron chi connectivity index (χ0n) is 17.7. The van der Waals surface area contributed by atoms with Crippen LogP contribution in [0.25, 0.3) is 21.9 Å². The molecule has 0 atom stereocenters. The summed E-state index contributed by atoms with van der Waals surface area (Å²) < 4.78 is 10.8. The molecule has 4 heteroatoms. The van der Waals surface area contributed by atoms with Gasteiger partial charge in [-0.3, -0.25) is 4.79 Å². The van der Waals surface area contributed by atoms with Gasteiger partial charge in [0.1, 0.15) is 11.5 Å². The Morgan fingerprint density at radius 2 is 1.48 bits per heavy atom. The highest BCUT2D eigenvalue weighted by Crippen LogP contribution is 2.30. The van der Waals surface area contributed by atoms with Gasteiger partial charge in [0, 0.05) is 12.1 Å². The molecule has 0 radical (unpaired) electrons. The second kappa shape index (κ2) is 9.35. The SMILES string of the molecule is COc1cc(CCC(=O)Nc2ccccc2)cc(-c2ccc3cc(OC)ccc3c2)c1. The van der Waals surface area contributed by atoms with Crippen LogP contribution in [0.3, 0.4) is 0 Å². The van der Waals surface area contributed by atoms with Crippen molar-refractivity contribution in [3.63, 3.8) is 0 Å². The van der Waals surface area contributed by atoms with E-state index in [2.05, 4.69) is 35.6 Å². The third-order valence-corrected chi connectivity index (χ3v) is 5.28. The van der Waals surface area contributed by atoms with E-state index in [4.69, 9.17) is 9.47 Å². The minimum Gasteiger partial charge on any atom is -0.497 e. The number of hydrogen-bond acceptors (Lipinski definition) is 3. The van der Waals surface area contributed by atoms with E-state index in [1.165, 1.54) is 0 Å². The first-order chi connectivity index (χ1) is 15.1. The number of carbonyl (C=O) groups excluding carboxylic acids is 1. The molecule has 0 bridgehead atoms. The molecule has 156 valence electrons. The molecular formula is C27H25NO3. The van der Waals surface area contributed by atoms with Gasteiger partial charge >= 0.3 is 0 Å². The fourth-order valence-corrected chi connectivity index (χ4v) is 3.62. The number of carbonyl (C=O) groups is 1. The van der Waals surface area contributed by atoms with Crippen molar-refractivity contribution in [2.75, 3.05) is 19.5 Å². The summed E-state index contributed by atoms with van der Waals surface area (Å²) in [5.41, 5.74) is 4.04. The predicted octanol–water partition coefficient (Wildman–Crippen LogP) is 6.10. The van der Waals surface area contributed by atoms with Gasteiger partial charge in [0.25, 0.3) is 0 Å². The third-order valence-electron chi connectivity index (χ3n) is 5.28. The van der Waals surface area contributed by atoms with Gasteiger partial charge < -0.3 is 14.8 Å². The van der Waals surface area contributed by atoms with Crippen molar-refractivity contribution < 1.29 is 14.3 Å². The van der Waals surface area contributed by atoms with E-state index in [1.54, 1.807) is 14.2 Å². The van der Waals surface area contributed by atoms with Gasteiger partial charge in [-0.1, -0.05) is 42.5 Å². The summed E-state index contributed by atoms with van der Waals surface area (Å²) in [4.78, 5) is 12.3. The highest BCUT2D eigenvalue weighted by molar-refractivity contribution is 5.91. The van der Waals surface area contributed by atoms with Crippen LogP contribution >= 0.6 is 0 Å². The van der Waals surface area contributed by atoms with E-state index >= 15 is 0 Å². The molecule has 0 aliphatic carbocycles. The summed E-state index contributed by atoms with van der Waals surface area (Å²) in [6.45, 7) is 0. The molecule has 0 unspecified atom stereocenters. The number of methoxy groups -OCH3 is 2. The predicted molar refractivity (Wildman–Crippen MR) is 126 cm³/mol. The summed E-state index contributed by atoms with van der Waals surface area (Å²) >= 11 is 0. The van der Waals surface area contributed by atoms with Crippen molar-refractivity contribution >= 4 is 22.4 Å². The Balaban J connectivity index is 1.54. The molecule has 4 nitrogen and oxygen atoms in total.